The molecule has 0 bridgehead atoms. The van der Waals surface area contributed by atoms with E-state index in [2.05, 4.69) is 9.50 Å². The van der Waals surface area contributed by atoms with Gasteiger partial charge >= 0.3 is 10.4 Å². The summed E-state index contributed by atoms with van der Waals surface area (Å²) in [5.41, 5.74) is 3.30. The zero-order valence-electron chi connectivity index (χ0n) is 27.7. The fourth-order valence-electron chi connectivity index (χ4n) is 5.71. The van der Waals surface area contributed by atoms with Crippen LogP contribution in [0.4, 0.5) is 11.4 Å². The molecule has 1 aliphatic carbocycles. The standard InChI is InChI=1S/C32H34N2O14S4/c1-20-16-26(29(46-3)19-31(20)49(35,36)15-13-47-52(43,44)45)33-21-8-10-23-27(17-21)48-28-18-22(34(2)12-14-50(37,38)39)9-11-24(28)32(23)25-6-4-5-7-30(25)51(40,41)42/h4-11,16-19,28,33H,12-15H2,1-3H3,(H,37,38,39)(H,40,41,42)(H,43,44,45). The molecule has 0 radical (unpaired) electrons. The van der Waals surface area contributed by atoms with Crippen molar-refractivity contribution in [1.82, 2.24) is 4.90 Å². The first-order valence-electron chi connectivity index (χ1n) is 15.2. The molecule has 0 amide bonds. The summed E-state index contributed by atoms with van der Waals surface area (Å²) < 4.78 is 140. The number of sulfone groups is 1. The molecule has 4 N–H and O–H groups in total. The number of anilines is 2. The number of methoxy groups -OCH3 is 1. The van der Waals surface area contributed by atoms with Gasteiger partial charge in [0.05, 0.1) is 35.8 Å². The molecule has 3 aromatic rings. The number of likely N-dealkylation sites (N-methyl/N-ethyl adjacent to an activating group) is 1. The molecule has 0 fully saturated rings. The van der Waals surface area contributed by atoms with Crippen LogP contribution in [0.1, 0.15) is 16.7 Å². The largest absolute Gasteiger partial charge is 0.495 e. The first kappa shape index (κ1) is 38.9. The highest BCUT2D eigenvalue weighted by atomic mass is 32.3. The minimum Gasteiger partial charge on any atom is -0.495 e. The third kappa shape index (κ3) is 9.01. The summed E-state index contributed by atoms with van der Waals surface area (Å²) in [5.74, 6) is -0.861. The third-order valence-corrected chi connectivity index (χ3v) is 12.0. The van der Waals surface area contributed by atoms with Gasteiger partial charge in [0.25, 0.3) is 20.2 Å². The zero-order valence-corrected chi connectivity index (χ0v) is 31.0. The molecule has 0 saturated carbocycles. The Hall–Kier alpha value is -4.28. The molecule has 1 aliphatic heterocycles. The molecule has 0 spiro atoms. The first-order valence-corrected chi connectivity index (χ1v) is 21.2. The summed E-state index contributed by atoms with van der Waals surface area (Å²) in [7, 11) is -14.9. The van der Waals surface area contributed by atoms with Crippen molar-refractivity contribution in [3.63, 3.8) is 0 Å². The Bertz CT molecular complexity index is 2460. The van der Waals surface area contributed by atoms with Gasteiger partial charge in [-0.1, -0.05) is 24.3 Å². The second-order valence-electron chi connectivity index (χ2n) is 11.7. The van der Waals surface area contributed by atoms with E-state index in [0.717, 1.165) is 0 Å². The molecule has 5 rings (SSSR count). The van der Waals surface area contributed by atoms with Crippen molar-refractivity contribution in [2.75, 3.05) is 44.1 Å². The van der Waals surface area contributed by atoms with Crippen LogP contribution in [0, 0.1) is 6.92 Å². The van der Waals surface area contributed by atoms with Gasteiger partial charge in [-0.2, -0.15) is 25.3 Å². The summed E-state index contributed by atoms with van der Waals surface area (Å²) in [6.07, 6.45) is 4.28. The van der Waals surface area contributed by atoms with Crippen LogP contribution in [0.3, 0.4) is 0 Å². The molecule has 1 atom stereocenters. The average Bonchev–Trinajstić information content (AvgIpc) is 3.04. The summed E-state index contributed by atoms with van der Waals surface area (Å²) in [5, 5.41) is 3.17. The van der Waals surface area contributed by atoms with E-state index in [0.29, 0.717) is 39.5 Å². The highest BCUT2D eigenvalue weighted by Gasteiger charge is 2.32. The summed E-state index contributed by atoms with van der Waals surface area (Å²) in [6, 6.07) is 13.6. The maximum atomic E-state index is 13.0. The predicted octanol–water partition coefficient (Wildman–Crippen LogP) is 3.42. The third-order valence-electron chi connectivity index (χ3n) is 8.11. The molecule has 52 heavy (non-hydrogen) atoms. The van der Waals surface area contributed by atoms with E-state index < -0.39 is 64.7 Å². The number of benzene rings is 3. The van der Waals surface area contributed by atoms with Crippen molar-refractivity contribution in [3.8, 4) is 11.5 Å². The van der Waals surface area contributed by atoms with Gasteiger partial charge in [-0.25, -0.2) is 12.6 Å². The van der Waals surface area contributed by atoms with Crippen molar-refractivity contribution in [1.29, 1.82) is 0 Å². The van der Waals surface area contributed by atoms with Crippen LogP contribution in [0.25, 0.3) is 5.57 Å². The molecule has 3 aromatic carbocycles. The van der Waals surface area contributed by atoms with Crippen LogP contribution in [-0.2, 0) is 44.7 Å². The van der Waals surface area contributed by atoms with Crippen LogP contribution < -0.4 is 14.8 Å². The van der Waals surface area contributed by atoms with Crippen LogP contribution in [0.15, 0.2) is 93.9 Å². The number of ether oxygens (including phenoxy) is 2. The van der Waals surface area contributed by atoms with E-state index in [4.69, 9.17) is 14.0 Å². The molecular weight excluding hydrogens is 765 g/mol. The molecule has 0 saturated heterocycles. The van der Waals surface area contributed by atoms with Gasteiger partial charge in [-0.3, -0.25) is 13.7 Å². The first-order chi connectivity index (χ1) is 24.2. The number of hydrogen-bond acceptors (Lipinski definition) is 13. The maximum absolute atomic E-state index is 13.0. The number of fused-ring (bicyclic) bond motifs is 2. The van der Waals surface area contributed by atoms with Gasteiger partial charge in [-0.15, -0.1) is 0 Å². The number of hydrogen-bond donors (Lipinski definition) is 4. The Kier molecular flexibility index (Phi) is 11.0. The van der Waals surface area contributed by atoms with Gasteiger partial charge < -0.3 is 19.7 Å². The minimum absolute atomic E-state index is 0.0381. The molecule has 2 aliphatic rings. The van der Waals surface area contributed by atoms with Crippen molar-refractivity contribution < 1.29 is 61.0 Å². The average molecular weight is 799 g/mol. The van der Waals surface area contributed by atoms with Gasteiger partial charge in [0, 0.05) is 59.4 Å². The Labute approximate surface area is 301 Å². The second kappa shape index (κ2) is 14.6. The minimum atomic E-state index is -4.84. The van der Waals surface area contributed by atoms with Crippen LogP contribution in [-0.4, -0.2) is 97.1 Å². The number of aryl methyl sites for hydroxylation is 1. The van der Waals surface area contributed by atoms with Gasteiger partial charge in [0.15, 0.2) is 9.84 Å². The van der Waals surface area contributed by atoms with E-state index in [9.17, 15) is 42.8 Å². The number of nitrogens with one attached hydrogen (secondary N) is 1. The topological polar surface area (TPSA) is 240 Å². The van der Waals surface area contributed by atoms with E-state index in [1.54, 1.807) is 60.5 Å². The maximum Gasteiger partial charge on any atom is 0.397 e. The van der Waals surface area contributed by atoms with Crippen molar-refractivity contribution in [2.45, 2.75) is 22.8 Å². The van der Waals surface area contributed by atoms with Gasteiger partial charge in [-0.05, 0) is 48.9 Å². The van der Waals surface area contributed by atoms with Gasteiger partial charge in [0.1, 0.15) is 22.5 Å². The fraction of sp³-hybridized carbons (Fsp3) is 0.250. The zero-order chi connectivity index (χ0) is 38.2. The summed E-state index contributed by atoms with van der Waals surface area (Å²) in [4.78, 5) is 1.11. The molecule has 20 heteroatoms. The molecule has 1 unspecified atom stereocenters. The second-order valence-corrected chi connectivity index (χ2v) is 17.8. The van der Waals surface area contributed by atoms with Gasteiger partial charge in [0.2, 0.25) is 0 Å². The Morgan fingerprint density at radius 1 is 0.865 bits per heavy atom. The smallest absolute Gasteiger partial charge is 0.397 e. The van der Waals surface area contributed by atoms with Crippen LogP contribution >= 0.6 is 0 Å². The molecule has 16 nitrogen and oxygen atoms in total. The van der Waals surface area contributed by atoms with E-state index >= 15 is 0 Å². The monoisotopic (exact) mass is 798 g/mol. The highest BCUT2D eigenvalue weighted by molar-refractivity contribution is 7.91. The Balaban J connectivity index is 1.55. The highest BCUT2D eigenvalue weighted by Crippen LogP contribution is 2.45. The lowest BCUT2D eigenvalue weighted by Gasteiger charge is -2.33. The number of nitrogens with zero attached hydrogens (tertiary/aromatic N) is 1. The van der Waals surface area contributed by atoms with Crippen molar-refractivity contribution >= 4 is 57.4 Å². The number of rotatable bonds is 14. The Morgan fingerprint density at radius 2 is 1.58 bits per heavy atom. The molecular formula is C32H34N2O14S4. The van der Waals surface area contributed by atoms with Crippen LogP contribution in [0.5, 0.6) is 11.5 Å². The molecule has 1 heterocycles. The predicted molar refractivity (Wildman–Crippen MR) is 190 cm³/mol. The lowest BCUT2D eigenvalue weighted by atomic mass is 9.85. The van der Waals surface area contributed by atoms with E-state index in [1.807, 2.05) is 0 Å². The fourth-order valence-corrected chi connectivity index (χ4v) is 8.67. The molecule has 280 valence electrons. The SMILES string of the molecule is COc1cc(S(=O)(=O)CCOS(=O)(=O)O)c(C)cc1Nc1ccc2c(c1)OC1C=C(N(C)CCS(=O)(=O)O)C=CC1=C2c1ccccc1S(=O)(=O)O. The Morgan fingerprint density at radius 3 is 2.23 bits per heavy atom. The lowest BCUT2D eigenvalue weighted by molar-refractivity contribution is 0.276. The van der Waals surface area contributed by atoms with Crippen molar-refractivity contribution in [2.24, 2.45) is 0 Å². The quantitative estimate of drug-likeness (QED) is 0.171. The summed E-state index contributed by atoms with van der Waals surface area (Å²) in [6.45, 7) is 0.679. The van der Waals surface area contributed by atoms with E-state index in [-0.39, 0.29) is 33.2 Å². The lowest BCUT2D eigenvalue weighted by Crippen LogP contribution is -2.30. The normalized spacial score (nSPS) is 16.0. The van der Waals surface area contributed by atoms with Crippen LogP contribution in [0.2, 0.25) is 0 Å². The van der Waals surface area contributed by atoms with E-state index in [1.165, 1.54) is 38.3 Å². The summed E-state index contributed by atoms with van der Waals surface area (Å²) >= 11 is 0. The molecule has 0 aromatic heterocycles. The van der Waals surface area contributed by atoms with Crippen molar-refractivity contribution in [3.05, 3.63) is 101 Å². The number of allylic oxidation sites excluding steroid dienone is 1.